The van der Waals surface area contributed by atoms with Crippen molar-refractivity contribution in [1.82, 2.24) is 0 Å². The van der Waals surface area contributed by atoms with E-state index in [1.807, 2.05) is 0 Å². The number of halogens is 3. The lowest BCUT2D eigenvalue weighted by Gasteiger charge is -2.36. The van der Waals surface area contributed by atoms with Gasteiger partial charge < -0.3 is 15.6 Å². The number of ether oxygens (including phenoxy) is 1. The third kappa shape index (κ3) is 3.61. The van der Waals surface area contributed by atoms with Gasteiger partial charge in [-0.25, -0.2) is 0 Å². The fourth-order valence-electron chi connectivity index (χ4n) is 2.54. The van der Waals surface area contributed by atoms with E-state index in [0.29, 0.717) is 18.4 Å². The Morgan fingerprint density at radius 3 is 2.74 bits per heavy atom. The number of hydrogen-bond acceptors (Lipinski definition) is 3. The standard InChI is InChI=1S/C13H16F3NO2/c14-13(15,16)19-11-5-1-3-9(7-11)12(18)6-2-4-10(17)8-12/h1,3,5,7,10,18H,2,4,6,8,17H2. The molecule has 1 saturated carbocycles. The molecule has 1 aromatic rings. The summed E-state index contributed by atoms with van der Waals surface area (Å²) in [6, 6.07) is 5.34. The van der Waals surface area contributed by atoms with Crippen LogP contribution in [0.4, 0.5) is 13.2 Å². The van der Waals surface area contributed by atoms with E-state index in [1.165, 1.54) is 18.2 Å². The number of hydrogen-bond donors (Lipinski definition) is 2. The van der Waals surface area contributed by atoms with Gasteiger partial charge in [-0.2, -0.15) is 0 Å². The van der Waals surface area contributed by atoms with Crippen molar-refractivity contribution in [2.24, 2.45) is 5.73 Å². The van der Waals surface area contributed by atoms with Crippen molar-refractivity contribution in [2.45, 2.75) is 43.7 Å². The Morgan fingerprint density at radius 1 is 1.37 bits per heavy atom. The molecule has 3 nitrogen and oxygen atoms in total. The molecule has 0 aromatic heterocycles. The van der Waals surface area contributed by atoms with Crippen LogP contribution in [0.3, 0.4) is 0 Å². The lowest BCUT2D eigenvalue weighted by Crippen LogP contribution is -2.39. The largest absolute Gasteiger partial charge is 0.573 e. The van der Waals surface area contributed by atoms with Gasteiger partial charge in [0.2, 0.25) is 0 Å². The summed E-state index contributed by atoms with van der Waals surface area (Å²) in [5, 5.41) is 10.5. The molecule has 0 aliphatic heterocycles. The Balaban J connectivity index is 2.22. The van der Waals surface area contributed by atoms with Gasteiger partial charge in [-0.05, 0) is 43.4 Å². The van der Waals surface area contributed by atoms with Gasteiger partial charge in [-0.1, -0.05) is 12.1 Å². The van der Waals surface area contributed by atoms with Crippen LogP contribution in [-0.4, -0.2) is 17.5 Å². The Kier molecular flexibility index (Phi) is 3.73. The highest BCUT2D eigenvalue weighted by atomic mass is 19.4. The smallest absolute Gasteiger partial charge is 0.406 e. The normalized spacial score (nSPS) is 28.2. The van der Waals surface area contributed by atoms with Gasteiger partial charge in [0.1, 0.15) is 5.75 Å². The second-order valence-corrected chi connectivity index (χ2v) is 4.96. The van der Waals surface area contributed by atoms with Gasteiger partial charge in [0.15, 0.2) is 0 Å². The molecule has 0 saturated heterocycles. The predicted octanol–water partition coefficient (Wildman–Crippen LogP) is 2.67. The molecule has 2 atom stereocenters. The zero-order chi connectivity index (χ0) is 14.1. The molecule has 3 N–H and O–H groups in total. The van der Waals surface area contributed by atoms with Crippen LogP contribution in [0, 0.1) is 0 Å². The molecular weight excluding hydrogens is 259 g/mol. The fraction of sp³-hybridized carbons (Fsp3) is 0.538. The van der Waals surface area contributed by atoms with Crippen molar-refractivity contribution in [1.29, 1.82) is 0 Å². The highest BCUT2D eigenvalue weighted by molar-refractivity contribution is 5.33. The second-order valence-electron chi connectivity index (χ2n) is 4.96. The molecule has 2 rings (SSSR count). The highest BCUT2D eigenvalue weighted by Crippen LogP contribution is 2.38. The quantitative estimate of drug-likeness (QED) is 0.872. The van der Waals surface area contributed by atoms with E-state index in [9.17, 15) is 18.3 Å². The maximum absolute atomic E-state index is 12.2. The van der Waals surface area contributed by atoms with Gasteiger partial charge >= 0.3 is 6.36 Å². The van der Waals surface area contributed by atoms with Crippen LogP contribution >= 0.6 is 0 Å². The van der Waals surface area contributed by atoms with Crippen molar-refractivity contribution < 1.29 is 23.0 Å². The highest BCUT2D eigenvalue weighted by Gasteiger charge is 2.36. The van der Waals surface area contributed by atoms with E-state index < -0.39 is 12.0 Å². The SMILES string of the molecule is NC1CCCC(O)(c2cccc(OC(F)(F)F)c2)C1. The lowest BCUT2D eigenvalue weighted by molar-refractivity contribution is -0.274. The van der Waals surface area contributed by atoms with Crippen LogP contribution in [0.15, 0.2) is 24.3 Å². The Labute approximate surface area is 109 Å². The Hall–Kier alpha value is -1.27. The van der Waals surface area contributed by atoms with E-state index in [2.05, 4.69) is 4.74 Å². The molecule has 1 aliphatic carbocycles. The van der Waals surface area contributed by atoms with Crippen LogP contribution in [0.25, 0.3) is 0 Å². The summed E-state index contributed by atoms with van der Waals surface area (Å²) < 4.78 is 40.4. The summed E-state index contributed by atoms with van der Waals surface area (Å²) in [4.78, 5) is 0. The number of aliphatic hydroxyl groups is 1. The molecule has 0 spiro atoms. The molecule has 1 fully saturated rings. The maximum atomic E-state index is 12.2. The molecule has 1 aliphatic rings. The molecule has 1 aromatic carbocycles. The van der Waals surface area contributed by atoms with Crippen molar-refractivity contribution in [2.75, 3.05) is 0 Å². The van der Waals surface area contributed by atoms with Crippen molar-refractivity contribution in [3.63, 3.8) is 0 Å². The first-order valence-corrected chi connectivity index (χ1v) is 6.13. The van der Waals surface area contributed by atoms with Crippen molar-refractivity contribution in [3.05, 3.63) is 29.8 Å². The first kappa shape index (κ1) is 14.1. The van der Waals surface area contributed by atoms with Crippen LogP contribution in [-0.2, 0) is 5.60 Å². The minimum atomic E-state index is -4.73. The van der Waals surface area contributed by atoms with Gasteiger partial charge in [0.25, 0.3) is 0 Å². The minimum absolute atomic E-state index is 0.133. The molecule has 19 heavy (non-hydrogen) atoms. The molecule has 0 radical (unpaired) electrons. The average molecular weight is 275 g/mol. The van der Waals surface area contributed by atoms with E-state index >= 15 is 0 Å². The van der Waals surface area contributed by atoms with E-state index in [-0.39, 0.29) is 11.8 Å². The number of alkyl halides is 3. The van der Waals surface area contributed by atoms with Crippen LogP contribution < -0.4 is 10.5 Å². The molecule has 0 bridgehead atoms. The summed E-state index contributed by atoms with van der Waals surface area (Å²) in [7, 11) is 0. The van der Waals surface area contributed by atoms with Crippen LogP contribution in [0.1, 0.15) is 31.2 Å². The third-order valence-corrected chi connectivity index (χ3v) is 3.37. The van der Waals surface area contributed by atoms with Crippen LogP contribution in [0.5, 0.6) is 5.75 Å². The van der Waals surface area contributed by atoms with E-state index in [1.54, 1.807) is 6.07 Å². The maximum Gasteiger partial charge on any atom is 0.573 e. The topological polar surface area (TPSA) is 55.5 Å². The van der Waals surface area contributed by atoms with E-state index in [4.69, 9.17) is 5.73 Å². The monoisotopic (exact) mass is 275 g/mol. The predicted molar refractivity (Wildman–Crippen MR) is 63.5 cm³/mol. The average Bonchev–Trinajstić information content (AvgIpc) is 2.26. The second kappa shape index (κ2) is 5.02. The zero-order valence-electron chi connectivity index (χ0n) is 10.3. The third-order valence-electron chi connectivity index (χ3n) is 3.37. The number of nitrogens with two attached hydrogens (primary N) is 1. The summed E-state index contributed by atoms with van der Waals surface area (Å²) in [5.74, 6) is -0.322. The van der Waals surface area contributed by atoms with Gasteiger partial charge in [0, 0.05) is 6.04 Å². The Morgan fingerprint density at radius 2 is 2.11 bits per heavy atom. The molecule has 106 valence electrons. The summed E-state index contributed by atoms with van der Waals surface area (Å²) in [6.07, 6.45) is -2.31. The Bertz CT molecular complexity index is 450. The number of benzene rings is 1. The minimum Gasteiger partial charge on any atom is -0.406 e. The van der Waals surface area contributed by atoms with Gasteiger partial charge in [-0.3, -0.25) is 0 Å². The number of rotatable bonds is 2. The fourth-order valence-corrected chi connectivity index (χ4v) is 2.54. The molecular formula is C13H16F3NO2. The van der Waals surface area contributed by atoms with Gasteiger partial charge in [-0.15, -0.1) is 13.2 Å². The molecule has 0 amide bonds. The first-order valence-electron chi connectivity index (χ1n) is 6.13. The zero-order valence-corrected chi connectivity index (χ0v) is 10.3. The summed E-state index contributed by atoms with van der Waals surface area (Å²) in [5.41, 5.74) is 5.07. The molecule has 0 heterocycles. The first-order chi connectivity index (χ1) is 8.78. The van der Waals surface area contributed by atoms with Crippen molar-refractivity contribution >= 4 is 0 Å². The lowest BCUT2D eigenvalue weighted by atomic mass is 9.77. The summed E-state index contributed by atoms with van der Waals surface area (Å²) >= 11 is 0. The van der Waals surface area contributed by atoms with Crippen molar-refractivity contribution in [3.8, 4) is 5.75 Å². The van der Waals surface area contributed by atoms with E-state index in [0.717, 1.165) is 12.8 Å². The summed E-state index contributed by atoms with van der Waals surface area (Å²) in [6.45, 7) is 0. The van der Waals surface area contributed by atoms with Crippen LogP contribution in [0.2, 0.25) is 0 Å². The molecule has 2 unspecified atom stereocenters. The van der Waals surface area contributed by atoms with Gasteiger partial charge in [0.05, 0.1) is 5.60 Å². The molecule has 6 heteroatoms.